The number of rotatable bonds is 4. The lowest BCUT2D eigenvalue weighted by Crippen LogP contribution is -2.34. The maximum absolute atomic E-state index is 12.0. The number of carbonyl (C=O) groups excluding carboxylic acids is 1. The van der Waals surface area contributed by atoms with Gasteiger partial charge in [-0.1, -0.05) is 20.8 Å². The average Bonchev–Trinajstić information content (AvgIpc) is 2.27. The van der Waals surface area contributed by atoms with Crippen LogP contribution in [0.2, 0.25) is 0 Å². The van der Waals surface area contributed by atoms with E-state index >= 15 is 0 Å². The topological polar surface area (TPSA) is 75.3 Å². The predicted molar refractivity (Wildman–Crippen MR) is 81.0 cm³/mol. The van der Waals surface area contributed by atoms with Gasteiger partial charge in [0.1, 0.15) is 0 Å². The normalized spacial score (nSPS) is 13.1. The van der Waals surface area contributed by atoms with Gasteiger partial charge in [-0.05, 0) is 46.0 Å². The average molecular weight is 329 g/mol. The predicted octanol–water partition coefficient (Wildman–Crippen LogP) is 2.56. The van der Waals surface area contributed by atoms with Crippen LogP contribution in [-0.2, 0) is 0 Å². The molecule has 1 rings (SSSR count). The second kappa shape index (κ2) is 6.39. The Hall–Kier alpha value is -1.07. The molecule has 0 heterocycles. The zero-order chi connectivity index (χ0) is 14.6. The minimum absolute atomic E-state index is 0.0297. The standard InChI is InChI=1S/C14H21BrN2O2/c1-14(2,3)7-10(18)8-17-13(19)11-6-9(16)4-5-12(11)15/h4-6,10,18H,7-8,16H2,1-3H3,(H,17,19). The summed E-state index contributed by atoms with van der Waals surface area (Å²) in [6, 6.07) is 5.06. The molecule has 0 fully saturated rings. The van der Waals surface area contributed by atoms with Crippen molar-refractivity contribution in [2.24, 2.45) is 5.41 Å². The van der Waals surface area contributed by atoms with Gasteiger partial charge in [0.05, 0.1) is 11.7 Å². The third kappa shape index (κ3) is 5.61. The van der Waals surface area contributed by atoms with Crippen LogP contribution in [0.25, 0.3) is 0 Å². The van der Waals surface area contributed by atoms with Crippen molar-refractivity contribution in [2.45, 2.75) is 33.3 Å². The molecule has 4 nitrogen and oxygen atoms in total. The molecule has 0 bridgehead atoms. The molecule has 0 radical (unpaired) electrons. The number of benzene rings is 1. The van der Waals surface area contributed by atoms with Crippen LogP contribution in [-0.4, -0.2) is 23.7 Å². The Morgan fingerprint density at radius 1 is 1.47 bits per heavy atom. The van der Waals surface area contributed by atoms with E-state index < -0.39 is 6.10 Å². The van der Waals surface area contributed by atoms with Crippen molar-refractivity contribution in [3.05, 3.63) is 28.2 Å². The van der Waals surface area contributed by atoms with Gasteiger partial charge in [-0.3, -0.25) is 4.79 Å². The lowest BCUT2D eigenvalue weighted by molar-refractivity contribution is 0.0868. The summed E-state index contributed by atoms with van der Waals surface area (Å²) >= 11 is 3.31. The maximum atomic E-state index is 12.0. The number of anilines is 1. The molecule has 0 aliphatic heterocycles. The first-order chi connectivity index (χ1) is 8.69. The van der Waals surface area contributed by atoms with Crippen molar-refractivity contribution >= 4 is 27.5 Å². The van der Waals surface area contributed by atoms with E-state index in [4.69, 9.17) is 5.73 Å². The lowest BCUT2D eigenvalue weighted by atomic mass is 9.89. The van der Waals surface area contributed by atoms with Crippen molar-refractivity contribution in [3.63, 3.8) is 0 Å². The second-order valence-corrected chi connectivity index (χ2v) is 6.72. The summed E-state index contributed by atoms with van der Waals surface area (Å²) in [4.78, 5) is 12.0. The highest BCUT2D eigenvalue weighted by Crippen LogP contribution is 2.21. The van der Waals surface area contributed by atoms with Gasteiger partial charge in [0.25, 0.3) is 5.91 Å². The molecule has 0 saturated heterocycles. The number of nitrogens with two attached hydrogens (primary N) is 1. The minimum atomic E-state index is -0.552. The van der Waals surface area contributed by atoms with Crippen molar-refractivity contribution < 1.29 is 9.90 Å². The van der Waals surface area contributed by atoms with Crippen LogP contribution in [0.3, 0.4) is 0 Å². The Morgan fingerprint density at radius 2 is 2.11 bits per heavy atom. The molecule has 0 spiro atoms. The van der Waals surface area contributed by atoms with Crippen molar-refractivity contribution in [1.82, 2.24) is 5.32 Å². The summed E-state index contributed by atoms with van der Waals surface area (Å²) in [6.45, 7) is 6.38. The van der Waals surface area contributed by atoms with E-state index in [9.17, 15) is 9.90 Å². The number of nitrogens with one attached hydrogen (secondary N) is 1. The number of hydrogen-bond donors (Lipinski definition) is 3. The smallest absolute Gasteiger partial charge is 0.252 e. The number of aliphatic hydroxyl groups excluding tert-OH is 1. The zero-order valence-electron chi connectivity index (χ0n) is 11.5. The molecule has 1 aromatic rings. The Labute approximate surface area is 122 Å². The molecular formula is C14H21BrN2O2. The van der Waals surface area contributed by atoms with E-state index in [0.29, 0.717) is 22.1 Å². The third-order valence-electron chi connectivity index (χ3n) is 2.58. The fourth-order valence-corrected chi connectivity index (χ4v) is 2.23. The molecule has 1 unspecified atom stereocenters. The molecule has 0 aliphatic rings. The number of aliphatic hydroxyl groups is 1. The molecule has 5 heteroatoms. The Kier molecular flexibility index (Phi) is 5.38. The molecule has 0 aromatic heterocycles. The molecule has 19 heavy (non-hydrogen) atoms. The number of amides is 1. The Balaban J connectivity index is 2.58. The monoisotopic (exact) mass is 328 g/mol. The van der Waals surface area contributed by atoms with Crippen LogP contribution >= 0.6 is 15.9 Å². The Morgan fingerprint density at radius 3 is 2.68 bits per heavy atom. The van der Waals surface area contributed by atoms with Crippen molar-refractivity contribution in [2.75, 3.05) is 12.3 Å². The van der Waals surface area contributed by atoms with Crippen LogP contribution in [0.4, 0.5) is 5.69 Å². The Bertz CT molecular complexity index is 455. The first kappa shape index (κ1) is 16.0. The molecule has 1 aromatic carbocycles. The lowest BCUT2D eigenvalue weighted by Gasteiger charge is -2.22. The van der Waals surface area contributed by atoms with Gasteiger partial charge in [0.15, 0.2) is 0 Å². The van der Waals surface area contributed by atoms with Crippen LogP contribution < -0.4 is 11.1 Å². The summed E-state index contributed by atoms with van der Waals surface area (Å²) in [5, 5.41) is 12.6. The molecule has 1 amide bonds. The van der Waals surface area contributed by atoms with Crippen LogP contribution in [0.15, 0.2) is 22.7 Å². The van der Waals surface area contributed by atoms with Gasteiger partial charge in [-0.2, -0.15) is 0 Å². The number of carbonyl (C=O) groups is 1. The van der Waals surface area contributed by atoms with Gasteiger partial charge in [-0.25, -0.2) is 0 Å². The van der Waals surface area contributed by atoms with Gasteiger partial charge >= 0.3 is 0 Å². The van der Waals surface area contributed by atoms with E-state index in [-0.39, 0.29) is 17.9 Å². The van der Waals surface area contributed by atoms with E-state index in [0.717, 1.165) is 0 Å². The van der Waals surface area contributed by atoms with Gasteiger partial charge in [0.2, 0.25) is 0 Å². The first-order valence-corrected chi connectivity index (χ1v) is 6.99. The summed E-state index contributed by atoms with van der Waals surface area (Å²) in [6.07, 6.45) is 0.0783. The third-order valence-corrected chi connectivity index (χ3v) is 3.27. The highest BCUT2D eigenvalue weighted by molar-refractivity contribution is 9.10. The highest BCUT2D eigenvalue weighted by atomic mass is 79.9. The van der Waals surface area contributed by atoms with E-state index in [1.807, 2.05) is 20.8 Å². The number of halogens is 1. The summed E-state index contributed by atoms with van der Waals surface area (Å²) < 4.78 is 0.685. The SMILES string of the molecule is CC(C)(C)CC(O)CNC(=O)c1cc(N)ccc1Br. The summed E-state index contributed by atoms with van der Waals surface area (Å²) in [7, 11) is 0. The number of nitrogen functional groups attached to an aromatic ring is 1. The molecule has 0 aliphatic carbocycles. The molecular weight excluding hydrogens is 308 g/mol. The van der Waals surface area contributed by atoms with Crippen LogP contribution in [0.5, 0.6) is 0 Å². The van der Waals surface area contributed by atoms with Crippen molar-refractivity contribution in [3.8, 4) is 0 Å². The van der Waals surface area contributed by atoms with E-state index in [2.05, 4.69) is 21.2 Å². The molecule has 106 valence electrons. The van der Waals surface area contributed by atoms with Crippen molar-refractivity contribution in [1.29, 1.82) is 0 Å². The molecule has 0 saturated carbocycles. The van der Waals surface area contributed by atoms with E-state index in [1.54, 1.807) is 18.2 Å². The highest BCUT2D eigenvalue weighted by Gasteiger charge is 2.18. The molecule has 1 atom stereocenters. The summed E-state index contributed by atoms with van der Waals surface area (Å²) in [5.41, 5.74) is 6.69. The quantitative estimate of drug-likeness (QED) is 0.743. The summed E-state index contributed by atoms with van der Waals surface area (Å²) in [5.74, 6) is -0.243. The fraction of sp³-hybridized carbons (Fsp3) is 0.500. The molecule has 4 N–H and O–H groups in total. The second-order valence-electron chi connectivity index (χ2n) is 5.87. The fourth-order valence-electron chi connectivity index (χ4n) is 1.80. The largest absolute Gasteiger partial charge is 0.399 e. The van der Waals surface area contributed by atoms with Crippen LogP contribution in [0, 0.1) is 5.41 Å². The number of hydrogen-bond acceptors (Lipinski definition) is 3. The minimum Gasteiger partial charge on any atom is -0.399 e. The van der Waals surface area contributed by atoms with E-state index in [1.165, 1.54) is 0 Å². The van der Waals surface area contributed by atoms with Gasteiger partial charge in [-0.15, -0.1) is 0 Å². The zero-order valence-corrected chi connectivity index (χ0v) is 13.1. The van der Waals surface area contributed by atoms with Crippen LogP contribution in [0.1, 0.15) is 37.6 Å². The maximum Gasteiger partial charge on any atom is 0.252 e. The van der Waals surface area contributed by atoms with Gasteiger partial charge < -0.3 is 16.2 Å². The first-order valence-electron chi connectivity index (χ1n) is 6.20. The van der Waals surface area contributed by atoms with Gasteiger partial charge in [0, 0.05) is 16.7 Å².